The number of hydrogen-bond donors (Lipinski definition) is 2. The molecule has 31 heavy (non-hydrogen) atoms. The molecule has 154 valence electrons. The van der Waals surface area contributed by atoms with Crippen LogP contribution >= 0.6 is 11.6 Å². The van der Waals surface area contributed by atoms with Crippen LogP contribution in [0.1, 0.15) is 20.8 Å². The Kier molecular flexibility index (Phi) is 5.72. The Morgan fingerprint density at radius 1 is 0.935 bits per heavy atom. The second-order valence-corrected chi connectivity index (χ2v) is 6.83. The zero-order chi connectivity index (χ0) is 21.8. The molecule has 0 saturated carbocycles. The van der Waals surface area contributed by atoms with E-state index in [1.807, 2.05) is 0 Å². The topological polar surface area (TPSA) is 97.1 Å². The van der Waals surface area contributed by atoms with E-state index < -0.39 is 17.6 Å². The third-order valence-corrected chi connectivity index (χ3v) is 4.53. The lowest BCUT2D eigenvalue weighted by atomic mass is 10.1. The Hall–Kier alpha value is -4.04. The summed E-state index contributed by atoms with van der Waals surface area (Å²) in [5, 5.41) is 9.34. The lowest BCUT2D eigenvalue weighted by molar-refractivity contribution is 0.101. The Balaban J connectivity index is 1.56. The maximum Gasteiger partial charge on any atom is 0.277 e. The minimum Gasteiger partial charge on any atom is -0.355 e. The number of nitrogens with one attached hydrogen (secondary N) is 2. The number of pyridine rings is 1. The summed E-state index contributed by atoms with van der Waals surface area (Å²) in [6.07, 6.45) is 3.07. The largest absolute Gasteiger partial charge is 0.355 e. The molecule has 0 atom stereocenters. The van der Waals surface area contributed by atoms with Crippen LogP contribution in [0.3, 0.4) is 0 Å². The molecular weight excluding hydrogens is 423 g/mol. The third-order valence-electron chi connectivity index (χ3n) is 4.29. The molecule has 0 aliphatic carbocycles. The first kappa shape index (κ1) is 20.2. The van der Waals surface area contributed by atoms with Gasteiger partial charge < -0.3 is 15.2 Å². The maximum absolute atomic E-state index is 13.9. The molecule has 2 aromatic carbocycles. The normalized spacial score (nSPS) is 10.5. The van der Waals surface area contributed by atoms with Crippen molar-refractivity contribution in [3.05, 3.63) is 95.2 Å². The molecule has 0 aliphatic heterocycles. The molecule has 9 heteroatoms. The SMILES string of the molecule is O=C(Nc1ccc(Cl)cc1C(=O)Nc1ccncc1)c1cc(-c2ccccc2F)on1. The number of benzene rings is 2. The number of carbonyl (C=O) groups is 2. The van der Waals surface area contributed by atoms with Crippen LogP contribution in [0, 0.1) is 5.82 Å². The van der Waals surface area contributed by atoms with Crippen molar-refractivity contribution in [2.45, 2.75) is 0 Å². The molecule has 0 saturated heterocycles. The molecule has 2 heterocycles. The number of halogens is 2. The molecule has 0 aliphatic rings. The van der Waals surface area contributed by atoms with Crippen molar-refractivity contribution in [2.75, 3.05) is 10.6 Å². The molecule has 2 N–H and O–H groups in total. The van der Waals surface area contributed by atoms with Crippen molar-refractivity contribution in [3.8, 4) is 11.3 Å². The van der Waals surface area contributed by atoms with Crippen LogP contribution in [-0.2, 0) is 0 Å². The van der Waals surface area contributed by atoms with E-state index in [1.54, 1.807) is 24.3 Å². The number of nitrogens with zero attached hydrogens (tertiary/aromatic N) is 2. The number of anilines is 2. The summed E-state index contributed by atoms with van der Waals surface area (Å²) >= 11 is 6.04. The van der Waals surface area contributed by atoms with Gasteiger partial charge in [-0.25, -0.2) is 4.39 Å². The number of rotatable bonds is 5. The monoisotopic (exact) mass is 436 g/mol. The highest BCUT2D eigenvalue weighted by molar-refractivity contribution is 6.31. The Morgan fingerprint density at radius 2 is 1.71 bits per heavy atom. The average Bonchev–Trinajstić information content (AvgIpc) is 3.26. The Morgan fingerprint density at radius 3 is 2.48 bits per heavy atom. The van der Waals surface area contributed by atoms with Gasteiger partial charge in [0.25, 0.3) is 11.8 Å². The van der Waals surface area contributed by atoms with Crippen LogP contribution in [0.25, 0.3) is 11.3 Å². The van der Waals surface area contributed by atoms with Gasteiger partial charge in [-0.1, -0.05) is 28.9 Å². The Labute approximate surface area is 180 Å². The van der Waals surface area contributed by atoms with Gasteiger partial charge in [0, 0.05) is 29.2 Å². The summed E-state index contributed by atoms with van der Waals surface area (Å²) in [5.74, 6) is -1.50. The van der Waals surface area contributed by atoms with Gasteiger partial charge in [-0.15, -0.1) is 0 Å². The van der Waals surface area contributed by atoms with Crippen molar-refractivity contribution in [3.63, 3.8) is 0 Å². The van der Waals surface area contributed by atoms with Gasteiger partial charge in [0.15, 0.2) is 11.5 Å². The number of carbonyl (C=O) groups excluding carboxylic acids is 2. The van der Waals surface area contributed by atoms with Crippen LogP contribution in [0.2, 0.25) is 5.02 Å². The summed E-state index contributed by atoms with van der Waals surface area (Å²) in [6, 6.07) is 15.0. The lowest BCUT2D eigenvalue weighted by Crippen LogP contribution is -2.18. The highest BCUT2D eigenvalue weighted by atomic mass is 35.5. The third kappa shape index (κ3) is 4.59. The van der Waals surface area contributed by atoms with Crippen LogP contribution in [0.4, 0.5) is 15.8 Å². The predicted molar refractivity (Wildman–Crippen MR) is 113 cm³/mol. The fraction of sp³-hybridized carbons (Fsp3) is 0. The number of aromatic nitrogens is 2. The number of hydrogen-bond acceptors (Lipinski definition) is 5. The first-order chi connectivity index (χ1) is 15.0. The first-order valence-corrected chi connectivity index (χ1v) is 9.43. The van der Waals surface area contributed by atoms with E-state index in [0.717, 1.165) is 0 Å². The van der Waals surface area contributed by atoms with Crippen molar-refractivity contribution < 1.29 is 18.5 Å². The summed E-state index contributed by atoms with van der Waals surface area (Å²) in [7, 11) is 0. The zero-order valence-corrected chi connectivity index (χ0v) is 16.6. The van der Waals surface area contributed by atoms with E-state index in [0.29, 0.717) is 10.7 Å². The van der Waals surface area contributed by atoms with Crippen LogP contribution in [0.15, 0.2) is 77.6 Å². The molecule has 0 fully saturated rings. The van der Waals surface area contributed by atoms with E-state index >= 15 is 0 Å². The van der Waals surface area contributed by atoms with E-state index in [4.69, 9.17) is 16.1 Å². The number of amides is 2. The molecule has 0 radical (unpaired) electrons. The van der Waals surface area contributed by atoms with E-state index in [1.165, 1.54) is 48.8 Å². The molecule has 4 rings (SSSR count). The second kappa shape index (κ2) is 8.76. The van der Waals surface area contributed by atoms with Gasteiger partial charge in [-0.3, -0.25) is 14.6 Å². The van der Waals surface area contributed by atoms with Gasteiger partial charge in [-0.2, -0.15) is 0 Å². The van der Waals surface area contributed by atoms with Crippen molar-refractivity contribution in [1.29, 1.82) is 0 Å². The van der Waals surface area contributed by atoms with Crippen molar-refractivity contribution in [2.24, 2.45) is 0 Å². The second-order valence-electron chi connectivity index (χ2n) is 6.39. The molecule has 2 amide bonds. The summed E-state index contributed by atoms with van der Waals surface area (Å²) in [4.78, 5) is 29.3. The van der Waals surface area contributed by atoms with Crippen LogP contribution in [0.5, 0.6) is 0 Å². The van der Waals surface area contributed by atoms with Crippen molar-refractivity contribution in [1.82, 2.24) is 10.1 Å². The molecule has 0 unspecified atom stereocenters. The fourth-order valence-corrected chi connectivity index (χ4v) is 2.98. The van der Waals surface area contributed by atoms with Gasteiger partial charge in [0.2, 0.25) is 0 Å². The molecule has 0 spiro atoms. The van der Waals surface area contributed by atoms with Crippen LogP contribution < -0.4 is 10.6 Å². The molecule has 4 aromatic rings. The fourth-order valence-electron chi connectivity index (χ4n) is 2.80. The average molecular weight is 437 g/mol. The maximum atomic E-state index is 13.9. The minimum absolute atomic E-state index is 0.0753. The van der Waals surface area contributed by atoms with E-state index in [9.17, 15) is 14.0 Å². The zero-order valence-electron chi connectivity index (χ0n) is 15.8. The lowest BCUT2D eigenvalue weighted by Gasteiger charge is -2.11. The molecule has 7 nitrogen and oxygen atoms in total. The highest BCUT2D eigenvalue weighted by Crippen LogP contribution is 2.25. The Bertz CT molecular complexity index is 1260. The first-order valence-electron chi connectivity index (χ1n) is 9.05. The van der Waals surface area contributed by atoms with Gasteiger partial charge in [0.05, 0.1) is 16.8 Å². The van der Waals surface area contributed by atoms with Gasteiger partial charge >= 0.3 is 0 Å². The molecule has 0 bridgehead atoms. The van der Waals surface area contributed by atoms with E-state index in [2.05, 4.69) is 20.8 Å². The van der Waals surface area contributed by atoms with Gasteiger partial charge in [0.1, 0.15) is 5.82 Å². The van der Waals surface area contributed by atoms with Gasteiger partial charge in [-0.05, 0) is 42.5 Å². The standard InChI is InChI=1S/C22H14ClFN4O3/c23-13-5-6-18(16(11-13)21(29)26-14-7-9-25-10-8-14)27-22(30)19-12-20(31-28-19)15-3-1-2-4-17(15)24/h1-12H,(H,27,30)(H,25,26,29). The summed E-state index contributed by atoms with van der Waals surface area (Å²) in [5.41, 5.74) is 1.00. The van der Waals surface area contributed by atoms with E-state index in [-0.39, 0.29) is 28.3 Å². The molecule has 2 aromatic heterocycles. The van der Waals surface area contributed by atoms with Crippen molar-refractivity contribution >= 4 is 34.8 Å². The quantitative estimate of drug-likeness (QED) is 0.457. The van der Waals surface area contributed by atoms with Crippen LogP contribution in [-0.4, -0.2) is 22.0 Å². The predicted octanol–water partition coefficient (Wildman–Crippen LogP) is 5.03. The molecular formula is C22H14ClFN4O3. The summed E-state index contributed by atoms with van der Waals surface area (Å²) < 4.78 is 19.1. The summed E-state index contributed by atoms with van der Waals surface area (Å²) in [6.45, 7) is 0. The minimum atomic E-state index is -0.633. The highest BCUT2D eigenvalue weighted by Gasteiger charge is 2.19. The smallest absolute Gasteiger partial charge is 0.277 e.